The molecule has 0 aliphatic heterocycles. The molecule has 3 nitrogen and oxygen atoms in total. The van der Waals surface area contributed by atoms with Gasteiger partial charge in [0.1, 0.15) is 0 Å². The molecule has 2 N–H and O–H groups in total. The minimum absolute atomic E-state index is 0.150. The van der Waals surface area contributed by atoms with Crippen LogP contribution in [0.3, 0.4) is 0 Å². The van der Waals surface area contributed by atoms with Gasteiger partial charge in [-0.1, -0.05) is 0 Å². The van der Waals surface area contributed by atoms with Crippen LogP contribution >= 0.6 is 0 Å². The Morgan fingerprint density at radius 2 is 1.92 bits per heavy atom. The van der Waals surface area contributed by atoms with Crippen LogP contribution in [0.15, 0.2) is 0 Å². The van der Waals surface area contributed by atoms with Gasteiger partial charge in [0.2, 0.25) is 8.32 Å². The molecule has 0 rings (SSSR count). The number of aliphatic hydroxyl groups is 2. The predicted octanol–water partition coefficient (Wildman–Crippen LogP) is 1.13. The van der Waals surface area contributed by atoms with Gasteiger partial charge in [-0.2, -0.15) is 0 Å². The number of aliphatic hydroxyl groups excluding tert-OH is 2. The Kier molecular flexibility index (Phi) is 6.07. The summed E-state index contributed by atoms with van der Waals surface area (Å²) < 4.78 is 5.81. The Morgan fingerprint density at radius 3 is 2.31 bits per heavy atom. The van der Waals surface area contributed by atoms with Gasteiger partial charge in [0, 0.05) is 6.61 Å². The summed E-state index contributed by atoms with van der Waals surface area (Å²) in [5, 5.41) is 18.4. The molecular weight excluding hydrogens is 200 g/mol. The Morgan fingerprint density at radius 1 is 1.38 bits per heavy atom. The molecule has 0 aromatic heterocycles. The van der Waals surface area contributed by atoms with Gasteiger partial charge in [0.05, 0.1) is 5.73 Å². The Hall–Kier alpha value is 0.314. The maximum atomic E-state index is 9.80. The van der Waals surface area contributed by atoms with Crippen molar-refractivity contribution in [2.24, 2.45) is 0 Å². The molecule has 0 fully saturated rings. The first-order valence-electron chi connectivity index (χ1n) is 4.68. The molecule has 0 amide bonds. The highest BCUT2D eigenvalue weighted by atomic mass is 28.4. The van der Waals surface area contributed by atoms with E-state index in [1.807, 2.05) is 13.1 Å². The first-order valence-corrected chi connectivity index (χ1v) is 10.1. The highest BCUT2D eigenvalue weighted by molar-refractivity contribution is 6.78. The van der Waals surface area contributed by atoms with Crippen molar-refractivity contribution in [1.29, 1.82) is 0 Å². The third-order valence-corrected chi connectivity index (χ3v) is 7.54. The molecule has 0 aromatic rings. The lowest BCUT2D eigenvalue weighted by atomic mass is 10.3. The first kappa shape index (κ1) is 13.3. The molecular formula is C8H21O3Si2. The second-order valence-electron chi connectivity index (χ2n) is 4.00. The van der Waals surface area contributed by atoms with Gasteiger partial charge in [0.15, 0.2) is 9.04 Å². The zero-order valence-corrected chi connectivity index (χ0v) is 11.0. The summed E-state index contributed by atoms with van der Waals surface area (Å²) in [6.07, 6.45) is 1.32. The van der Waals surface area contributed by atoms with E-state index in [1.165, 1.54) is 0 Å². The van der Waals surface area contributed by atoms with Crippen molar-refractivity contribution in [3.63, 3.8) is 0 Å². The largest absolute Gasteiger partial charge is 0.454 e. The summed E-state index contributed by atoms with van der Waals surface area (Å²) in [6.45, 7) is 8.38. The van der Waals surface area contributed by atoms with Gasteiger partial charge < -0.3 is 14.3 Å². The fourth-order valence-corrected chi connectivity index (χ4v) is 6.88. The van der Waals surface area contributed by atoms with E-state index in [0.717, 1.165) is 0 Å². The lowest BCUT2D eigenvalue weighted by Crippen LogP contribution is -2.47. The zero-order valence-electron chi connectivity index (χ0n) is 9.00. The summed E-state index contributed by atoms with van der Waals surface area (Å²) >= 11 is 0. The van der Waals surface area contributed by atoms with E-state index in [2.05, 4.69) is 13.1 Å². The third-order valence-electron chi connectivity index (χ3n) is 1.91. The van der Waals surface area contributed by atoms with Crippen molar-refractivity contribution in [3.8, 4) is 0 Å². The summed E-state index contributed by atoms with van der Waals surface area (Å²) in [5.74, 6) is 0. The molecule has 0 aliphatic rings. The highest BCUT2D eigenvalue weighted by Crippen LogP contribution is 2.15. The van der Waals surface area contributed by atoms with E-state index in [4.69, 9.17) is 9.22 Å². The molecule has 5 heteroatoms. The molecule has 1 radical (unpaired) electrons. The minimum atomic E-state index is -1.92. The van der Waals surface area contributed by atoms with Crippen molar-refractivity contribution in [3.05, 3.63) is 0 Å². The second-order valence-corrected chi connectivity index (χ2v) is 10.5. The smallest absolute Gasteiger partial charge is 0.202 e. The lowest BCUT2D eigenvalue weighted by Gasteiger charge is -2.30. The molecule has 0 spiro atoms. The minimum Gasteiger partial charge on any atom is -0.454 e. The van der Waals surface area contributed by atoms with Crippen LogP contribution in [-0.4, -0.2) is 39.9 Å². The summed E-state index contributed by atoms with van der Waals surface area (Å²) in [4.78, 5) is 0. The van der Waals surface area contributed by atoms with Gasteiger partial charge >= 0.3 is 0 Å². The van der Waals surface area contributed by atoms with Crippen LogP contribution in [0.1, 0.15) is 12.8 Å². The number of hydrogen-bond acceptors (Lipinski definition) is 3. The molecule has 0 saturated carbocycles. The molecule has 79 valence electrons. The Balaban J connectivity index is 3.94. The van der Waals surface area contributed by atoms with E-state index in [-0.39, 0.29) is 12.3 Å². The predicted molar refractivity (Wildman–Crippen MR) is 58.4 cm³/mol. The summed E-state index contributed by atoms with van der Waals surface area (Å²) in [5.41, 5.74) is -0.348. The van der Waals surface area contributed by atoms with Gasteiger partial charge in [-0.15, -0.1) is 0 Å². The van der Waals surface area contributed by atoms with Crippen LogP contribution in [0.2, 0.25) is 26.2 Å². The van der Waals surface area contributed by atoms with E-state index in [0.29, 0.717) is 12.8 Å². The fourth-order valence-electron chi connectivity index (χ4n) is 1.23. The molecule has 1 atom stereocenters. The molecule has 13 heavy (non-hydrogen) atoms. The van der Waals surface area contributed by atoms with Crippen LogP contribution in [-0.2, 0) is 4.12 Å². The Labute approximate surface area is 83.6 Å². The zero-order chi connectivity index (χ0) is 10.5. The molecule has 0 heterocycles. The van der Waals surface area contributed by atoms with E-state index in [1.54, 1.807) is 0 Å². The maximum Gasteiger partial charge on any atom is 0.202 e. The van der Waals surface area contributed by atoms with Crippen LogP contribution in [0.25, 0.3) is 0 Å². The van der Waals surface area contributed by atoms with Crippen molar-refractivity contribution < 1.29 is 14.3 Å². The van der Waals surface area contributed by atoms with Gasteiger partial charge in [0.25, 0.3) is 0 Å². The van der Waals surface area contributed by atoms with Gasteiger partial charge in [-0.25, -0.2) is 0 Å². The highest BCUT2D eigenvalue weighted by Gasteiger charge is 2.32. The molecule has 0 aliphatic carbocycles. The SMILES string of the molecule is C[Si](C)O[Si](C)(C)C(O)CCCO. The van der Waals surface area contributed by atoms with Crippen LogP contribution in [0, 0.1) is 0 Å². The molecule has 0 bridgehead atoms. The van der Waals surface area contributed by atoms with Crippen LogP contribution in [0.4, 0.5) is 0 Å². The van der Waals surface area contributed by atoms with E-state index >= 15 is 0 Å². The maximum absolute atomic E-state index is 9.80. The first-order chi connectivity index (χ1) is 5.90. The summed E-state index contributed by atoms with van der Waals surface area (Å²) in [6, 6.07) is 0. The van der Waals surface area contributed by atoms with Crippen LogP contribution in [0.5, 0.6) is 0 Å². The standard InChI is InChI=1S/C8H21O3Si2/c1-12(2)11-13(3,4)8(10)6-5-7-9/h8-10H,5-7H2,1-4H3. The molecule has 0 aromatic carbocycles. The van der Waals surface area contributed by atoms with Gasteiger partial charge in [-0.3, -0.25) is 0 Å². The normalized spacial score (nSPS) is 15.0. The monoisotopic (exact) mass is 221 g/mol. The lowest BCUT2D eigenvalue weighted by molar-refractivity contribution is 0.193. The third kappa shape index (κ3) is 5.59. The second kappa shape index (κ2) is 5.92. The van der Waals surface area contributed by atoms with Crippen molar-refractivity contribution >= 4 is 17.4 Å². The topological polar surface area (TPSA) is 49.7 Å². The fraction of sp³-hybridized carbons (Fsp3) is 1.00. The number of hydrogen-bond donors (Lipinski definition) is 2. The average Bonchev–Trinajstić information content (AvgIpc) is 1.97. The molecule has 1 unspecified atom stereocenters. The quantitative estimate of drug-likeness (QED) is 0.661. The van der Waals surface area contributed by atoms with E-state index < -0.39 is 17.4 Å². The van der Waals surface area contributed by atoms with Gasteiger partial charge in [-0.05, 0) is 39.0 Å². The van der Waals surface area contributed by atoms with Crippen molar-refractivity contribution in [2.45, 2.75) is 44.8 Å². The van der Waals surface area contributed by atoms with Crippen molar-refractivity contribution in [1.82, 2.24) is 0 Å². The van der Waals surface area contributed by atoms with Crippen molar-refractivity contribution in [2.75, 3.05) is 6.61 Å². The average molecular weight is 221 g/mol. The van der Waals surface area contributed by atoms with Crippen LogP contribution < -0.4 is 0 Å². The van der Waals surface area contributed by atoms with E-state index in [9.17, 15) is 5.11 Å². The summed E-state index contributed by atoms with van der Waals surface area (Å²) in [7, 11) is -2.64. The molecule has 0 saturated heterocycles. The number of rotatable bonds is 6. The Bertz CT molecular complexity index is 139.